The Hall–Kier alpha value is -2.79. The maximum atomic E-state index is 11.2. The summed E-state index contributed by atoms with van der Waals surface area (Å²) >= 11 is 0. The lowest BCUT2D eigenvalue weighted by atomic mass is 9.84. The van der Waals surface area contributed by atoms with E-state index in [0.717, 1.165) is 62.4 Å². The van der Waals surface area contributed by atoms with E-state index in [0.29, 0.717) is 12.5 Å². The van der Waals surface area contributed by atoms with Crippen LogP contribution in [0.3, 0.4) is 0 Å². The van der Waals surface area contributed by atoms with E-state index >= 15 is 0 Å². The molecule has 4 rings (SSSR count). The van der Waals surface area contributed by atoms with Gasteiger partial charge in [-0.05, 0) is 79.0 Å². The van der Waals surface area contributed by atoms with Crippen LogP contribution in [0.1, 0.15) is 55.9 Å². The molecular formula is C29H38N2O3. The predicted octanol–water partition coefficient (Wildman–Crippen LogP) is 5.00. The van der Waals surface area contributed by atoms with Crippen molar-refractivity contribution in [1.82, 2.24) is 4.90 Å². The number of rotatable bonds is 10. The summed E-state index contributed by atoms with van der Waals surface area (Å²) in [5.74, 6) is 2.28. The second-order valence-electron chi connectivity index (χ2n) is 10.2. The molecule has 0 spiro atoms. The Morgan fingerprint density at radius 2 is 1.94 bits per heavy atom. The van der Waals surface area contributed by atoms with Gasteiger partial charge in [0.15, 0.2) is 0 Å². The van der Waals surface area contributed by atoms with E-state index < -0.39 is 0 Å². The van der Waals surface area contributed by atoms with Crippen LogP contribution in [0.25, 0.3) is 5.57 Å². The van der Waals surface area contributed by atoms with Gasteiger partial charge in [-0.2, -0.15) is 0 Å². The molecule has 1 aliphatic carbocycles. The standard InChI is InChI=1S/C29H38N2O3/c1-19(2)13-21-5-6-24(28(14-21)33-4)18-34-26-9-10-27-20(3)22(7-8-23(27)15-26)11-12-31-16-25(17-31)29(30)32/h5-6,9-10,14-15,19,25H,7-8,11-13,16-18H2,1-4H3,(H2,30,32). The van der Waals surface area contributed by atoms with Crippen LogP contribution in [-0.2, 0) is 24.2 Å². The number of benzene rings is 2. The van der Waals surface area contributed by atoms with Gasteiger partial charge < -0.3 is 20.1 Å². The quantitative estimate of drug-likeness (QED) is 0.540. The highest BCUT2D eigenvalue weighted by atomic mass is 16.5. The number of primary amides is 1. The summed E-state index contributed by atoms with van der Waals surface area (Å²) in [7, 11) is 1.72. The molecule has 2 aromatic carbocycles. The van der Waals surface area contributed by atoms with Crippen LogP contribution < -0.4 is 15.2 Å². The number of fused-ring (bicyclic) bond motifs is 1. The van der Waals surface area contributed by atoms with Gasteiger partial charge in [-0.15, -0.1) is 0 Å². The number of carbonyl (C=O) groups excluding carboxylic acids is 1. The Morgan fingerprint density at radius 1 is 1.15 bits per heavy atom. The highest BCUT2D eigenvalue weighted by Crippen LogP contribution is 2.35. The molecular weight excluding hydrogens is 424 g/mol. The van der Waals surface area contributed by atoms with Crippen LogP contribution >= 0.6 is 0 Å². The van der Waals surface area contributed by atoms with Gasteiger partial charge in [0.1, 0.15) is 18.1 Å². The smallest absolute Gasteiger partial charge is 0.223 e. The second-order valence-corrected chi connectivity index (χ2v) is 10.2. The zero-order chi connectivity index (χ0) is 24.2. The first-order chi connectivity index (χ1) is 16.3. The maximum Gasteiger partial charge on any atom is 0.223 e. The molecule has 0 atom stereocenters. The van der Waals surface area contributed by atoms with Gasteiger partial charge in [0.25, 0.3) is 0 Å². The van der Waals surface area contributed by atoms with Crippen molar-refractivity contribution in [2.75, 3.05) is 26.7 Å². The number of amides is 1. The molecule has 34 heavy (non-hydrogen) atoms. The summed E-state index contributed by atoms with van der Waals surface area (Å²) in [6, 6.07) is 12.9. The second kappa shape index (κ2) is 10.6. The van der Waals surface area contributed by atoms with Gasteiger partial charge in [0, 0.05) is 25.2 Å². The minimum absolute atomic E-state index is 0.0403. The Morgan fingerprint density at radius 3 is 2.65 bits per heavy atom. The number of hydrogen-bond donors (Lipinski definition) is 1. The van der Waals surface area contributed by atoms with E-state index in [1.807, 2.05) is 0 Å². The van der Waals surface area contributed by atoms with E-state index in [9.17, 15) is 4.79 Å². The lowest BCUT2D eigenvalue weighted by Gasteiger charge is -2.37. The summed E-state index contributed by atoms with van der Waals surface area (Å²) in [5, 5.41) is 0. The summed E-state index contributed by atoms with van der Waals surface area (Å²) in [6.45, 7) is 9.81. The topological polar surface area (TPSA) is 64.8 Å². The largest absolute Gasteiger partial charge is 0.496 e. The fourth-order valence-electron chi connectivity index (χ4n) is 5.10. The van der Waals surface area contributed by atoms with E-state index in [1.165, 1.54) is 27.8 Å². The van der Waals surface area contributed by atoms with Gasteiger partial charge >= 0.3 is 0 Å². The van der Waals surface area contributed by atoms with Gasteiger partial charge in [-0.1, -0.05) is 37.6 Å². The first kappa shape index (κ1) is 24.3. The zero-order valence-corrected chi connectivity index (χ0v) is 21.0. The molecule has 2 N–H and O–H groups in total. The lowest BCUT2D eigenvalue weighted by Crippen LogP contribution is -2.52. The van der Waals surface area contributed by atoms with Crippen molar-refractivity contribution in [3.8, 4) is 11.5 Å². The Kier molecular flexibility index (Phi) is 7.62. The van der Waals surface area contributed by atoms with Crippen molar-refractivity contribution in [2.45, 2.75) is 53.1 Å². The normalized spacial score (nSPS) is 16.4. The predicted molar refractivity (Wildman–Crippen MR) is 137 cm³/mol. The molecule has 0 bridgehead atoms. The fraction of sp³-hybridized carbons (Fsp3) is 0.483. The van der Waals surface area contributed by atoms with Crippen LogP contribution in [0, 0.1) is 11.8 Å². The molecule has 1 saturated heterocycles. The monoisotopic (exact) mass is 462 g/mol. The van der Waals surface area contributed by atoms with Crippen molar-refractivity contribution in [3.63, 3.8) is 0 Å². The Balaban J connectivity index is 1.37. The molecule has 182 valence electrons. The Bertz CT molecular complexity index is 1070. The minimum atomic E-state index is -0.169. The van der Waals surface area contributed by atoms with Crippen molar-refractivity contribution in [3.05, 3.63) is 64.2 Å². The molecule has 0 aromatic heterocycles. The first-order valence-electron chi connectivity index (χ1n) is 12.5. The van der Waals surface area contributed by atoms with E-state index in [2.05, 4.69) is 62.1 Å². The van der Waals surface area contributed by atoms with Crippen LogP contribution in [0.15, 0.2) is 42.0 Å². The lowest BCUT2D eigenvalue weighted by molar-refractivity contribution is -0.126. The number of ether oxygens (including phenoxy) is 2. The number of nitrogens with two attached hydrogens (primary N) is 1. The molecule has 5 nitrogen and oxygen atoms in total. The van der Waals surface area contributed by atoms with Gasteiger partial charge in [-0.3, -0.25) is 4.79 Å². The molecule has 2 aliphatic rings. The van der Waals surface area contributed by atoms with E-state index in [-0.39, 0.29) is 11.8 Å². The molecule has 0 radical (unpaired) electrons. The average molecular weight is 463 g/mol. The average Bonchev–Trinajstić information content (AvgIpc) is 2.77. The summed E-state index contributed by atoms with van der Waals surface area (Å²) in [5.41, 5.74) is 13.4. The SMILES string of the molecule is COc1cc(CC(C)C)ccc1COc1ccc2c(c1)CCC(CCN1CC(C(N)=O)C1)=C2C. The summed E-state index contributed by atoms with van der Waals surface area (Å²) in [4.78, 5) is 13.6. The summed E-state index contributed by atoms with van der Waals surface area (Å²) in [6.07, 6.45) is 4.22. The number of nitrogens with zero attached hydrogens (tertiary/aromatic N) is 1. The van der Waals surface area contributed by atoms with E-state index in [1.54, 1.807) is 7.11 Å². The third kappa shape index (κ3) is 5.64. The molecule has 2 aromatic rings. The van der Waals surface area contributed by atoms with Crippen LogP contribution in [0.2, 0.25) is 0 Å². The molecule has 0 saturated carbocycles. The van der Waals surface area contributed by atoms with E-state index in [4.69, 9.17) is 15.2 Å². The van der Waals surface area contributed by atoms with Crippen molar-refractivity contribution in [2.24, 2.45) is 17.6 Å². The highest BCUT2D eigenvalue weighted by molar-refractivity contribution is 5.78. The van der Waals surface area contributed by atoms with Crippen LogP contribution in [-0.4, -0.2) is 37.6 Å². The number of likely N-dealkylation sites (tertiary alicyclic amines) is 1. The zero-order valence-electron chi connectivity index (χ0n) is 21.0. The number of aryl methyl sites for hydroxylation is 1. The summed E-state index contributed by atoms with van der Waals surface area (Å²) < 4.78 is 11.8. The molecule has 1 aliphatic heterocycles. The third-order valence-electron chi connectivity index (χ3n) is 7.19. The number of hydrogen-bond acceptors (Lipinski definition) is 4. The molecule has 1 heterocycles. The number of methoxy groups -OCH3 is 1. The first-order valence-corrected chi connectivity index (χ1v) is 12.5. The third-order valence-corrected chi connectivity index (χ3v) is 7.19. The van der Waals surface area contributed by atoms with Crippen molar-refractivity contribution >= 4 is 11.5 Å². The van der Waals surface area contributed by atoms with Crippen molar-refractivity contribution < 1.29 is 14.3 Å². The molecule has 5 heteroatoms. The molecule has 1 fully saturated rings. The molecule has 1 amide bonds. The fourth-order valence-corrected chi connectivity index (χ4v) is 5.10. The maximum absolute atomic E-state index is 11.2. The van der Waals surface area contributed by atoms with Crippen molar-refractivity contribution in [1.29, 1.82) is 0 Å². The van der Waals surface area contributed by atoms with Gasteiger partial charge in [0.05, 0.1) is 13.0 Å². The minimum Gasteiger partial charge on any atom is -0.496 e. The Labute approximate surface area is 203 Å². The van der Waals surface area contributed by atoms with Crippen LogP contribution in [0.4, 0.5) is 0 Å². The number of allylic oxidation sites excluding steroid dienone is 1. The van der Waals surface area contributed by atoms with Crippen LogP contribution in [0.5, 0.6) is 11.5 Å². The van der Waals surface area contributed by atoms with Gasteiger partial charge in [0.2, 0.25) is 5.91 Å². The molecule has 0 unspecified atom stereocenters. The number of carbonyl (C=O) groups is 1. The highest BCUT2D eigenvalue weighted by Gasteiger charge is 2.30. The van der Waals surface area contributed by atoms with Gasteiger partial charge in [-0.25, -0.2) is 0 Å².